The van der Waals surface area contributed by atoms with E-state index in [-0.39, 0.29) is 23.8 Å². The molecule has 2 rings (SSSR count). The molecule has 1 fully saturated rings. The second-order valence-electron chi connectivity index (χ2n) is 5.52. The number of aromatic nitrogens is 1. The molecule has 0 aromatic carbocycles. The van der Waals surface area contributed by atoms with Crippen LogP contribution in [0.2, 0.25) is 0 Å². The van der Waals surface area contributed by atoms with Crippen molar-refractivity contribution in [2.45, 2.75) is 38.2 Å². The van der Waals surface area contributed by atoms with E-state index >= 15 is 0 Å². The molecular formula is C14H20N4O4. The van der Waals surface area contributed by atoms with Crippen LogP contribution >= 0.6 is 0 Å². The number of nitrogens with one attached hydrogen (secondary N) is 1. The van der Waals surface area contributed by atoms with Crippen LogP contribution in [0.3, 0.4) is 0 Å². The van der Waals surface area contributed by atoms with Crippen molar-refractivity contribution in [1.29, 1.82) is 0 Å². The predicted molar refractivity (Wildman–Crippen MR) is 80.2 cm³/mol. The Morgan fingerprint density at radius 1 is 1.50 bits per heavy atom. The Balaban J connectivity index is 2.00. The highest BCUT2D eigenvalue weighted by Gasteiger charge is 2.26. The van der Waals surface area contributed by atoms with E-state index in [1.807, 2.05) is 0 Å². The van der Waals surface area contributed by atoms with Gasteiger partial charge in [-0.2, -0.15) is 0 Å². The van der Waals surface area contributed by atoms with E-state index < -0.39 is 22.6 Å². The fourth-order valence-electron chi connectivity index (χ4n) is 2.82. The number of hydrogen-bond donors (Lipinski definition) is 3. The topological polar surface area (TPSA) is 131 Å². The van der Waals surface area contributed by atoms with Crippen molar-refractivity contribution >= 4 is 17.4 Å². The molecule has 120 valence electrons. The molecule has 0 aliphatic heterocycles. The molecule has 0 spiro atoms. The lowest BCUT2D eigenvalue weighted by Crippen LogP contribution is -2.37. The zero-order valence-electron chi connectivity index (χ0n) is 12.2. The lowest BCUT2D eigenvalue weighted by atomic mass is 9.85. The molecule has 8 heteroatoms. The average molecular weight is 308 g/mol. The van der Waals surface area contributed by atoms with Crippen molar-refractivity contribution in [2.24, 2.45) is 5.92 Å². The van der Waals surface area contributed by atoms with E-state index in [2.05, 4.69) is 10.3 Å². The number of anilines is 1. The van der Waals surface area contributed by atoms with Gasteiger partial charge in [-0.25, -0.2) is 4.98 Å². The van der Waals surface area contributed by atoms with Gasteiger partial charge in [0.15, 0.2) is 0 Å². The number of amides is 1. The number of nitrogen functional groups attached to an aromatic ring is 1. The van der Waals surface area contributed by atoms with E-state index in [1.165, 1.54) is 18.7 Å². The summed E-state index contributed by atoms with van der Waals surface area (Å²) in [5.74, 6) is -0.757. The Bertz CT molecular complexity index is 558. The van der Waals surface area contributed by atoms with Gasteiger partial charge < -0.3 is 16.2 Å². The zero-order chi connectivity index (χ0) is 16.1. The first-order chi connectivity index (χ1) is 10.5. The van der Waals surface area contributed by atoms with Crippen LogP contribution in [0.5, 0.6) is 0 Å². The lowest BCUT2D eigenvalue weighted by molar-refractivity contribution is -0.384. The number of nitrogens with zero attached hydrogens (tertiary/aromatic N) is 2. The molecule has 1 aromatic rings. The first-order valence-electron chi connectivity index (χ1n) is 7.36. The van der Waals surface area contributed by atoms with Crippen LogP contribution in [0.1, 0.15) is 42.5 Å². The van der Waals surface area contributed by atoms with Gasteiger partial charge in [0.1, 0.15) is 5.56 Å². The molecule has 4 N–H and O–H groups in total. The van der Waals surface area contributed by atoms with Crippen LogP contribution in [-0.2, 0) is 0 Å². The third kappa shape index (κ3) is 3.70. The molecule has 22 heavy (non-hydrogen) atoms. The molecule has 0 bridgehead atoms. The summed E-state index contributed by atoms with van der Waals surface area (Å²) in [5, 5.41) is 23.6. The third-order valence-electron chi connectivity index (χ3n) is 4.05. The van der Waals surface area contributed by atoms with Crippen LogP contribution in [0.25, 0.3) is 0 Å². The van der Waals surface area contributed by atoms with Gasteiger partial charge in [0, 0.05) is 12.7 Å². The molecule has 1 saturated carbocycles. The maximum absolute atomic E-state index is 12.1. The van der Waals surface area contributed by atoms with Gasteiger partial charge >= 0.3 is 5.69 Å². The molecule has 1 aliphatic carbocycles. The Morgan fingerprint density at radius 3 is 2.82 bits per heavy atom. The predicted octanol–water partition coefficient (Wildman–Crippen LogP) is 1.24. The summed E-state index contributed by atoms with van der Waals surface area (Å²) in [6, 6.07) is 1.25. The number of aliphatic hydroxyl groups is 1. The van der Waals surface area contributed by atoms with Gasteiger partial charge in [0.05, 0.1) is 11.0 Å². The molecule has 1 heterocycles. The lowest BCUT2D eigenvalue weighted by Gasteiger charge is -2.26. The Hall–Kier alpha value is -2.22. The Morgan fingerprint density at radius 2 is 2.18 bits per heavy atom. The van der Waals surface area contributed by atoms with E-state index in [4.69, 9.17) is 5.73 Å². The number of carbonyl (C=O) groups excluding carboxylic acids is 1. The summed E-state index contributed by atoms with van der Waals surface area (Å²) in [6.07, 6.45) is 5.85. The van der Waals surface area contributed by atoms with E-state index in [0.717, 1.165) is 25.7 Å². The number of hydrogen-bond acceptors (Lipinski definition) is 6. The summed E-state index contributed by atoms with van der Waals surface area (Å²) >= 11 is 0. The van der Waals surface area contributed by atoms with E-state index in [9.17, 15) is 20.0 Å². The largest absolute Gasteiger partial charge is 0.391 e. The normalized spacial score (nSPS) is 17.0. The smallest absolute Gasteiger partial charge is 0.323 e. The second kappa shape index (κ2) is 7.17. The monoisotopic (exact) mass is 308 g/mol. The van der Waals surface area contributed by atoms with Gasteiger partial charge in [-0.1, -0.05) is 19.3 Å². The van der Waals surface area contributed by atoms with Crippen LogP contribution < -0.4 is 11.1 Å². The average Bonchev–Trinajstić information content (AvgIpc) is 2.52. The van der Waals surface area contributed by atoms with Gasteiger partial charge in [-0.3, -0.25) is 14.9 Å². The molecular weight excluding hydrogens is 288 g/mol. The van der Waals surface area contributed by atoms with Gasteiger partial charge in [-0.15, -0.1) is 0 Å². The van der Waals surface area contributed by atoms with Crippen molar-refractivity contribution in [3.8, 4) is 0 Å². The zero-order valence-corrected chi connectivity index (χ0v) is 12.2. The highest BCUT2D eigenvalue weighted by molar-refractivity contribution is 5.99. The number of nitrogens with two attached hydrogens (primary N) is 1. The summed E-state index contributed by atoms with van der Waals surface area (Å²) in [5.41, 5.74) is 4.80. The van der Waals surface area contributed by atoms with Gasteiger partial charge in [0.25, 0.3) is 5.91 Å². The SMILES string of the molecule is Nc1nccc(C(=O)NCC(O)C2CCCCC2)c1[N+](=O)[O-]. The van der Waals surface area contributed by atoms with Crippen molar-refractivity contribution < 1.29 is 14.8 Å². The number of carbonyl (C=O) groups is 1. The fraction of sp³-hybridized carbons (Fsp3) is 0.571. The summed E-state index contributed by atoms with van der Waals surface area (Å²) in [4.78, 5) is 26.0. The Labute approximate surface area is 127 Å². The molecule has 1 amide bonds. The number of nitro groups is 1. The van der Waals surface area contributed by atoms with Crippen LogP contribution in [0.15, 0.2) is 12.3 Å². The van der Waals surface area contributed by atoms with Crippen molar-refractivity contribution in [3.63, 3.8) is 0 Å². The molecule has 1 unspecified atom stereocenters. The van der Waals surface area contributed by atoms with Crippen LogP contribution in [0, 0.1) is 16.0 Å². The quantitative estimate of drug-likeness (QED) is 0.554. The molecule has 1 aromatic heterocycles. The van der Waals surface area contributed by atoms with Crippen LogP contribution in [-0.4, -0.2) is 33.6 Å². The Kier molecular flexibility index (Phi) is 5.26. The van der Waals surface area contributed by atoms with E-state index in [1.54, 1.807) is 0 Å². The first kappa shape index (κ1) is 16.2. The second-order valence-corrected chi connectivity index (χ2v) is 5.52. The van der Waals surface area contributed by atoms with Crippen LogP contribution in [0.4, 0.5) is 11.5 Å². The van der Waals surface area contributed by atoms with Crippen molar-refractivity contribution in [3.05, 3.63) is 27.9 Å². The summed E-state index contributed by atoms with van der Waals surface area (Å²) in [6.45, 7) is 0.0723. The van der Waals surface area contributed by atoms with Crippen molar-refractivity contribution in [1.82, 2.24) is 10.3 Å². The fourth-order valence-corrected chi connectivity index (χ4v) is 2.82. The maximum Gasteiger partial charge on any atom is 0.323 e. The minimum absolute atomic E-state index is 0.0723. The molecule has 0 saturated heterocycles. The minimum Gasteiger partial charge on any atom is -0.391 e. The minimum atomic E-state index is -0.727. The molecule has 1 aliphatic rings. The van der Waals surface area contributed by atoms with Gasteiger partial charge in [-0.05, 0) is 24.8 Å². The first-order valence-corrected chi connectivity index (χ1v) is 7.36. The highest BCUT2D eigenvalue weighted by atomic mass is 16.6. The summed E-state index contributed by atoms with van der Waals surface area (Å²) < 4.78 is 0. The van der Waals surface area contributed by atoms with Gasteiger partial charge in [0.2, 0.25) is 5.82 Å². The maximum atomic E-state index is 12.1. The third-order valence-corrected chi connectivity index (χ3v) is 4.05. The highest BCUT2D eigenvalue weighted by Crippen LogP contribution is 2.26. The number of rotatable bonds is 5. The molecule has 8 nitrogen and oxygen atoms in total. The van der Waals surface area contributed by atoms with Crippen molar-refractivity contribution in [2.75, 3.05) is 12.3 Å². The molecule has 1 atom stereocenters. The summed E-state index contributed by atoms with van der Waals surface area (Å²) in [7, 11) is 0. The number of aliphatic hydroxyl groups excluding tert-OH is 1. The standard InChI is InChI=1S/C14H20N4O4/c15-13-12(18(21)22)10(6-7-16-13)14(20)17-8-11(19)9-4-2-1-3-5-9/h6-7,9,11,19H,1-5,8H2,(H2,15,16)(H,17,20). The number of pyridine rings is 1. The molecule has 0 radical (unpaired) electrons. The van der Waals surface area contributed by atoms with E-state index in [0.29, 0.717) is 0 Å².